The molecule has 12 nitrogen and oxygen atoms in total. The lowest BCUT2D eigenvalue weighted by Gasteiger charge is -2.42. The van der Waals surface area contributed by atoms with Crippen molar-refractivity contribution >= 4 is 27.5 Å². The van der Waals surface area contributed by atoms with Gasteiger partial charge in [-0.15, -0.1) is 0 Å². The standard InChI is InChI=1S/C27H29NO11S/c1-11-26(39-40(3,35)36)16(28)8-18(37-11)38-17-10-27(34,12(2)29)9-15-19(17)25(33)21-20(24(15)32)22(30)13-6-4-5-7-14(13)23(21)31/h4-7,11,16-18,26,32-34H,8-10,28H2,1-3H3/t11-,16-,17-,18-,26+,27-/m0/s1. The molecule has 1 aliphatic heterocycles. The zero-order valence-corrected chi connectivity index (χ0v) is 22.7. The average Bonchev–Trinajstić information content (AvgIpc) is 2.86. The van der Waals surface area contributed by atoms with Crippen LogP contribution in [0.2, 0.25) is 0 Å². The third-order valence-electron chi connectivity index (χ3n) is 7.75. The minimum Gasteiger partial charge on any atom is -0.507 e. The van der Waals surface area contributed by atoms with Crippen molar-refractivity contribution < 1.29 is 51.8 Å². The van der Waals surface area contributed by atoms with Gasteiger partial charge in [-0.05, 0) is 13.8 Å². The summed E-state index contributed by atoms with van der Waals surface area (Å²) in [7, 11) is -3.84. The van der Waals surface area contributed by atoms with Crippen LogP contribution < -0.4 is 5.73 Å². The monoisotopic (exact) mass is 575 g/mol. The zero-order valence-electron chi connectivity index (χ0n) is 21.9. The summed E-state index contributed by atoms with van der Waals surface area (Å²) in [5.74, 6) is -3.27. The number of phenolic OH excluding ortho intramolecular Hbond substituents is 2. The largest absolute Gasteiger partial charge is 0.507 e. The number of fused-ring (bicyclic) bond motifs is 3. The zero-order chi connectivity index (χ0) is 29.3. The van der Waals surface area contributed by atoms with Crippen LogP contribution in [0.1, 0.15) is 75.8 Å². The number of carbonyl (C=O) groups is 3. The maximum Gasteiger partial charge on any atom is 0.264 e. The lowest BCUT2D eigenvalue weighted by molar-refractivity contribution is -0.243. The van der Waals surface area contributed by atoms with Crippen molar-refractivity contribution in [2.24, 2.45) is 5.73 Å². The second-order valence-electron chi connectivity index (χ2n) is 10.6. The van der Waals surface area contributed by atoms with Gasteiger partial charge in [-0.2, -0.15) is 8.42 Å². The van der Waals surface area contributed by atoms with Gasteiger partial charge in [0.05, 0.1) is 29.6 Å². The SMILES string of the molecule is CC(=O)[C@]1(O)Cc2c(O)c3c(c(O)c2[C@@H](O[C@H]2C[C@H](N)[C@H](OS(C)(=O)=O)[C@H](C)O2)C1)C(=O)c1ccccc1C3=O. The third kappa shape index (κ3) is 4.62. The number of benzene rings is 2. The molecule has 0 spiro atoms. The van der Waals surface area contributed by atoms with E-state index >= 15 is 0 Å². The molecule has 1 fully saturated rings. The second kappa shape index (κ2) is 9.72. The maximum absolute atomic E-state index is 13.4. The summed E-state index contributed by atoms with van der Waals surface area (Å²) < 4.78 is 40.2. The molecule has 1 saturated heterocycles. The van der Waals surface area contributed by atoms with E-state index in [0.717, 1.165) is 13.2 Å². The number of nitrogens with two attached hydrogens (primary N) is 1. The highest BCUT2D eigenvalue weighted by atomic mass is 32.2. The highest BCUT2D eigenvalue weighted by molar-refractivity contribution is 7.86. The highest BCUT2D eigenvalue weighted by Gasteiger charge is 2.49. The summed E-state index contributed by atoms with van der Waals surface area (Å²) in [5.41, 5.74) is 3.22. The Balaban J connectivity index is 1.58. The van der Waals surface area contributed by atoms with Gasteiger partial charge >= 0.3 is 0 Å². The van der Waals surface area contributed by atoms with Crippen LogP contribution in [0.5, 0.6) is 11.5 Å². The molecule has 5 N–H and O–H groups in total. The molecule has 6 atom stereocenters. The topological polar surface area (TPSA) is 200 Å². The van der Waals surface area contributed by atoms with Crippen LogP contribution in [-0.4, -0.2) is 77.5 Å². The van der Waals surface area contributed by atoms with Crippen LogP contribution in [0.15, 0.2) is 24.3 Å². The van der Waals surface area contributed by atoms with Gasteiger partial charge in [-0.25, -0.2) is 0 Å². The van der Waals surface area contributed by atoms with Gasteiger partial charge in [0.25, 0.3) is 10.1 Å². The molecule has 2 aliphatic carbocycles. The molecule has 1 heterocycles. The quantitative estimate of drug-likeness (QED) is 0.249. The number of aromatic hydroxyl groups is 2. The fourth-order valence-corrected chi connectivity index (χ4v) is 6.47. The lowest BCUT2D eigenvalue weighted by Crippen LogP contribution is -2.54. The summed E-state index contributed by atoms with van der Waals surface area (Å²) in [4.78, 5) is 39.3. The van der Waals surface area contributed by atoms with Gasteiger partial charge in [-0.1, -0.05) is 24.3 Å². The molecule has 0 bridgehead atoms. The Morgan fingerprint density at radius 3 is 2.20 bits per heavy atom. The Morgan fingerprint density at radius 1 is 1.10 bits per heavy atom. The van der Waals surface area contributed by atoms with Crippen molar-refractivity contribution in [1.82, 2.24) is 0 Å². The molecular weight excluding hydrogens is 546 g/mol. The highest BCUT2D eigenvalue weighted by Crippen LogP contribution is 2.52. The number of hydrogen-bond donors (Lipinski definition) is 4. The number of carbonyl (C=O) groups excluding carboxylic acids is 3. The van der Waals surface area contributed by atoms with E-state index in [0.29, 0.717) is 0 Å². The van der Waals surface area contributed by atoms with Crippen LogP contribution in [0, 0.1) is 0 Å². The number of ether oxygens (including phenoxy) is 2. The van der Waals surface area contributed by atoms with Gasteiger partial charge < -0.3 is 30.5 Å². The Morgan fingerprint density at radius 2 is 1.68 bits per heavy atom. The number of hydrogen-bond acceptors (Lipinski definition) is 12. The van der Waals surface area contributed by atoms with Gasteiger partial charge in [0.15, 0.2) is 23.6 Å². The number of phenols is 2. The first-order chi connectivity index (χ1) is 18.6. The molecule has 0 amide bonds. The minimum atomic E-state index is -3.84. The van der Waals surface area contributed by atoms with E-state index in [-0.39, 0.29) is 35.1 Å². The molecule has 0 radical (unpaired) electrons. The number of Topliss-reactive ketones (excluding diaryl/α,β-unsaturated/α-hetero) is 1. The Hall–Kier alpha value is -3.20. The Labute approximate surface area is 229 Å². The van der Waals surface area contributed by atoms with E-state index < -0.39 is 92.8 Å². The van der Waals surface area contributed by atoms with E-state index in [9.17, 15) is 38.1 Å². The summed E-state index contributed by atoms with van der Waals surface area (Å²) in [5, 5.41) is 34.0. The fraction of sp³-hybridized carbons (Fsp3) is 0.444. The van der Waals surface area contributed by atoms with E-state index in [1.165, 1.54) is 19.1 Å². The molecule has 13 heteroatoms. The Bertz CT molecular complexity index is 1540. The molecule has 2 aromatic rings. The first-order valence-corrected chi connectivity index (χ1v) is 14.4. The van der Waals surface area contributed by atoms with Crippen LogP contribution in [0.25, 0.3) is 0 Å². The van der Waals surface area contributed by atoms with E-state index in [1.807, 2.05) is 0 Å². The van der Waals surface area contributed by atoms with Crippen LogP contribution in [0.4, 0.5) is 0 Å². The first kappa shape index (κ1) is 28.3. The summed E-state index contributed by atoms with van der Waals surface area (Å²) in [6.45, 7) is 2.69. The molecule has 0 unspecified atom stereocenters. The van der Waals surface area contributed by atoms with E-state index in [4.69, 9.17) is 19.4 Å². The van der Waals surface area contributed by atoms with Crippen molar-refractivity contribution in [2.45, 2.75) is 69.4 Å². The van der Waals surface area contributed by atoms with Crippen LogP contribution in [0.3, 0.4) is 0 Å². The van der Waals surface area contributed by atoms with Gasteiger partial charge in [0.1, 0.15) is 23.2 Å². The van der Waals surface area contributed by atoms with Crippen molar-refractivity contribution in [3.8, 4) is 11.5 Å². The third-order valence-corrected chi connectivity index (χ3v) is 8.32. The predicted octanol–water partition coefficient (Wildman–Crippen LogP) is 1.00. The van der Waals surface area contributed by atoms with Crippen molar-refractivity contribution in [1.29, 1.82) is 0 Å². The average molecular weight is 576 g/mol. The summed E-state index contributed by atoms with van der Waals surface area (Å²) in [6.07, 6.45) is -4.23. The van der Waals surface area contributed by atoms with Crippen LogP contribution in [-0.2, 0) is 35.0 Å². The molecule has 2 aromatic carbocycles. The van der Waals surface area contributed by atoms with Crippen molar-refractivity contribution in [3.63, 3.8) is 0 Å². The lowest BCUT2D eigenvalue weighted by atomic mass is 9.72. The van der Waals surface area contributed by atoms with Gasteiger partial charge in [0, 0.05) is 47.6 Å². The Kier molecular flexibility index (Phi) is 6.88. The first-order valence-electron chi connectivity index (χ1n) is 12.6. The van der Waals surface area contributed by atoms with E-state index in [1.54, 1.807) is 12.1 Å². The van der Waals surface area contributed by atoms with Gasteiger partial charge in [0.2, 0.25) is 0 Å². The van der Waals surface area contributed by atoms with Crippen molar-refractivity contribution in [3.05, 3.63) is 57.6 Å². The second-order valence-corrected chi connectivity index (χ2v) is 12.2. The minimum absolute atomic E-state index is 0.0459. The molecule has 214 valence electrons. The number of aliphatic hydroxyl groups is 1. The summed E-state index contributed by atoms with van der Waals surface area (Å²) in [6, 6.07) is 5.14. The summed E-state index contributed by atoms with van der Waals surface area (Å²) >= 11 is 0. The molecule has 0 saturated carbocycles. The molecule has 0 aromatic heterocycles. The maximum atomic E-state index is 13.4. The predicted molar refractivity (Wildman–Crippen MR) is 138 cm³/mol. The molecular formula is C27H29NO11S. The van der Waals surface area contributed by atoms with Crippen LogP contribution >= 0.6 is 0 Å². The molecule has 40 heavy (non-hydrogen) atoms. The number of ketones is 3. The van der Waals surface area contributed by atoms with E-state index in [2.05, 4.69) is 0 Å². The van der Waals surface area contributed by atoms with Crippen molar-refractivity contribution in [2.75, 3.05) is 6.26 Å². The normalized spacial score (nSPS) is 29.9. The smallest absolute Gasteiger partial charge is 0.264 e. The van der Waals surface area contributed by atoms with Gasteiger partial charge in [-0.3, -0.25) is 18.6 Å². The molecule has 3 aliphatic rings. The molecule has 5 rings (SSSR count). The number of rotatable bonds is 5. The fourth-order valence-electron chi connectivity index (χ4n) is 5.77.